The first-order chi connectivity index (χ1) is 10.2. The molecule has 104 valence electrons. The average Bonchev–Trinajstić information content (AvgIpc) is 2.48. The van der Waals surface area contributed by atoms with Crippen LogP contribution in [0.4, 0.5) is 4.39 Å². The van der Waals surface area contributed by atoms with Crippen molar-refractivity contribution >= 4 is 33.1 Å². The maximum absolute atomic E-state index is 13.6. The summed E-state index contributed by atoms with van der Waals surface area (Å²) in [6.07, 6.45) is 2.15. The maximum Gasteiger partial charge on any atom is 0.154 e. The van der Waals surface area contributed by atoms with Gasteiger partial charge in [-0.15, -0.1) is 0 Å². The summed E-state index contributed by atoms with van der Waals surface area (Å²) in [5.74, 6) is 0.473. The second-order valence-corrected chi connectivity index (χ2v) is 5.21. The first-order valence-electron chi connectivity index (χ1n) is 6.15. The number of nitrogens with zero attached hydrogens (tertiary/aromatic N) is 1. The third-order valence-electron chi connectivity index (χ3n) is 3.00. The number of benzene rings is 2. The van der Waals surface area contributed by atoms with Gasteiger partial charge in [0, 0.05) is 9.86 Å². The zero-order valence-electron chi connectivity index (χ0n) is 10.7. The Kier molecular flexibility index (Phi) is 3.66. The van der Waals surface area contributed by atoms with E-state index in [9.17, 15) is 9.18 Å². The van der Waals surface area contributed by atoms with Crippen LogP contribution in [0.1, 0.15) is 10.4 Å². The van der Waals surface area contributed by atoms with Crippen molar-refractivity contribution in [3.05, 3.63) is 64.5 Å². The molecule has 0 unspecified atom stereocenters. The summed E-state index contributed by atoms with van der Waals surface area (Å²) in [5.41, 5.74) is 0.701. The highest BCUT2D eigenvalue weighted by molar-refractivity contribution is 9.10. The molecule has 0 saturated carbocycles. The standard InChI is InChI=1S/C16H9BrFNO2/c17-13-4-2-6-15(12(13)9-20)21-11-7-10-3-1-5-14(18)16(10)19-8-11/h1-9H. The van der Waals surface area contributed by atoms with Gasteiger partial charge in [-0.1, -0.05) is 18.2 Å². The van der Waals surface area contributed by atoms with E-state index >= 15 is 0 Å². The van der Waals surface area contributed by atoms with Crippen LogP contribution >= 0.6 is 15.9 Å². The molecular formula is C16H9BrFNO2. The van der Waals surface area contributed by atoms with Gasteiger partial charge < -0.3 is 4.74 Å². The van der Waals surface area contributed by atoms with Crippen LogP contribution in [-0.2, 0) is 0 Å². The molecule has 0 saturated heterocycles. The molecular weight excluding hydrogens is 337 g/mol. The zero-order chi connectivity index (χ0) is 14.8. The lowest BCUT2D eigenvalue weighted by Crippen LogP contribution is -1.93. The first-order valence-corrected chi connectivity index (χ1v) is 6.94. The molecule has 0 bridgehead atoms. The molecule has 3 rings (SSSR count). The van der Waals surface area contributed by atoms with Gasteiger partial charge in [0.25, 0.3) is 0 Å². The van der Waals surface area contributed by atoms with E-state index in [0.29, 0.717) is 33.2 Å². The molecule has 0 radical (unpaired) electrons. The Morgan fingerprint density at radius 1 is 1.19 bits per heavy atom. The molecule has 0 aliphatic heterocycles. The smallest absolute Gasteiger partial charge is 0.154 e. The number of halogens is 2. The number of aromatic nitrogens is 1. The summed E-state index contributed by atoms with van der Waals surface area (Å²) in [5, 5.41) is 0.634. The minimum atomic E-state index is -0.380. The fourth-order valence-corrected chi connectivity index (χ4v) is 2.45. The van der Waals surface area contributed by atoms with E-state index in [0.717, 1.165) is 0 Å². The molecule has 1 heterocycles. The van der Waals surface area contributed by atoms with E-state index in [4.69, 9.17) is 4.74 Å². The zero-order valence-corrected chi connectivity index (χ0v) is 12.3. The van der Waals surface area contributed by atoms with Crippen molar-refractivity contribution in [3.63, 3.8) is 0 Å². The first kappa shape index (κ1) is 13.7. The molecule has 0 aliphatic carbocycles. The van der Waals surface area contributed by atoms with Gasteiger partial charge in [0.15, 0.2) is 6.29 Å². The highest BCUT2D eigenvalue weighted by Gasteiger charge is 2.09. The van der Waals surface area contributed by atoms with Gasteiger partial charge in [-0.2, -0.15) is 0 Å². The Morgan fingerprint density at radius 3 is 2.81 bits per heavy atom. The van der Waals surface area contributed by atoms with Crippen LogP contribution in [0.15, 0.2) is 53.1 Å². The van der Waals surface area contributed by atoms with Crippen LogP contribution in [0.3, 0.4) is 0 Å². The third kappa shape index (κ3) is 2.64. The third-order valence-corrected chi connectivity index (χ3v) is 3.69. The molecule has 5 heteroatoms. The number of pyridine rings is 1. The molecule has 3 nitrogen and oxygen atoms in total. The second-order valence-electron chi connectivity index (χ2n) is 4.35. The van der Waals surface area contributed by atoms with Crippen LogP contribution in [-0.4, -0.2) is 11.3 Å². The number of hydrogen-bond acceptors (Lipinski definition) is 3. The van der Waals surface area contributed by atoms with E-state index in [1.54, 1.807) is 36.4 Å². The summed E-state index contributed by atoms with van der Waals surface area (Å²) in [7, 11) is 0. The van der Waals surface area contributed by atoms with E-state index in [-0.39, 0.29) is 11.3 Å². The summed E-state index contributed by atoms with van der Waals surface area (Å²) in [6, 6.07) is 11.6. The highest BCUT2D eigenvalue weighted by Crippen LogP contribution is 2.30. The number of carbonyl (C=O) groups excluding carboxylic acids is 1. The SMILES string of the molecule is O=Cc1c(Br)cccc1Oc1cnc2c(F)cccc2c1. The maximum atomic E-state index is 13.6. The van der Waals surface area contributed by atoms with Gasteiger partial charge in [0.2, 0.25) is 0 Å². The minimum Gasteiger partial charge on any atom is -0.455 e. The van der Waals surface area contributed by atoms with Crippen LogP contribution in [0.5, 0.6) is 11.5 Å². The number of rotatable bonds is 3. The predicted molar refractivity (Wildman–Crippen MR) is 81.3 cm³/mol. The van der Waals surface area contributed by atoms with Crippen molar-refractivity contribution in [2.75, 3.05) is 0 Å². The largest absolute Gasteiger partial charge is 0.455 e. The molecule has 0 N–H and O–H groups in total. The number of fused-ring (bicyclic) bond motifs is 1. The monoisotopic (exact) mass is 345 g/mol. The average molecular weight is 346 g/mol. The molecule has 0 amide bonds. The summed E-state index contributed by atoms with van der Waals surface area (Å²) in [6.45, 7) is 0. The Balaban J connectivity index is 2.03. The molecule has 3 aromatic rings. The molecule has 0 fully saturated rings. The van der Waals surface area contributed by atoms with Gasteiger partial charge in [-0.25, -0.2) is 9.37 Å². The second kappa shape index (κ2) is 5.61. The Bertz CT molecular complexity index is 836. The fourth-order valence-electron chi connectivity index (χ4n) is 2.01. The lowest BCUT2D eigenvalue weighted by molar-refractivity contribution is 0.112. The van der Waals surface area contributed by atoms with E-state index in [2.05, 4.69) is 20.9 Å². The van der Waals surface area contributed by atoms with Crippen molar-refractivity contribution in [1.29, 1.82) is 0 Å². The predicted octanol–water partition coefficient (Wildman–Crippen LogP) is 4.74. The van der Waals surface area contributed by atoms with Gasteiger partial charge in [0.1, 0.15) is 22.8 Å². The molecule has 0 spiro atoms. The fraction of sp³-hybridized carbons (Fsp3) is 0. The van der Waals surface area contributed by atoms with Crippen molar-refractivity contribution < 1.29 is 13.9 Å². The van der Waals surface area contributed by atoms with E-state index < -0.39 is 0 Å². The molecule has 2 aromatic carbocycles. The quantitative estimate of drug-likeness (QED) is 0.643. The van der Waals surface area contributed by atoms with Crippen molar-refractivity contribution in [3.8, 4) is 11.5 Å². The molecule has 0 atom stereocenters. The van der Waals surface area contributed by atoms with Gasteiger partial charge in [-0.05, 0) is 40.2 Å². The number of hydrogen-bond donors (Lipinski definition) is 0. The van der Waals surface area contributed by atoms with Crippen molar-refractivity contribution in [2.24, 2.45) is 0 Å². The molecule has 1 aromatic heterocycles. The van der Waals surface area contributed by atoms with E-state index in [1.165, 1.54) is 12.3 Å². The summed E-state index contributed by atoms with van der Waals surface area (Å²) >= 11 is 3.29. The van der Waals surface area contributed by atoms with Gasteiger partial charge in [-0.3, -0.25) is 4.79 Å². The topological polar surface area (TPSA) is 39.2 Å². The van der Waals surface area contributed by atoms with Crippen LogP contribution in [0.25, 0.3) is 10.9 Å². The number of ether oxygens (including phenoxy) is 1. The van der Waals surface area contributed by atoms with Crippen LogP contribution in [0, 0.1) is 5.82 Å². The minimum absolute atomic E-state index is 0.287. The lowest BCUT2D eigenvalue weighted by atomic mass is 10.2. The summed E-state index contributed by atoms with van der Waals surface area (Å²) < 4.78 is 19.9. The highest BCUT2D eigenvalue weighted by atomic mass is 79.9. The Morgan fingerprint density at radius 2 is 2.00 bits per heavy atom. The van der Waals surface area contributed by atoms with E-state index in [1.807, 2.05) is 0 Å². The van der Waals surface area contributed by atoms with Crippen LogP contribution < -0.4 is 4.74 Å². The van der Waals surface area contributed by atoms with Gasteiger partial charge in [0.05, 0.1) is 11.8 Å². The van der Waals surface area contributed by atoms with Crippen LogP contribution in [0.2, 0.25) is 0 Å². The number of para-hydroxylation sites is 1. The Labute approximate surface area is 128 Å². The Hall–Kier alpha value is -2.27. The summed E-state index contributed by atoms with van der Waals surface area (Å²) in [4.78, 5) is 15.2. The van der Waals surface area contributed by atoms with Crippen molar-refractivity contribution in [1.82, 2.24) is 4.98 Å². The van der Waals surface area contributed by atoms with Crippen molar-refractivity contribution in [2.45, 2.75) is 0 Å². The molecule has 0 aliphatic rings. The number of aldehydes is 1. The normalized spacial score (nSPS) is 10.6. The number of carbonyl (C=O) groups is 1. The molecule has 21 heavy (non-hydrogen) atoms. The van der Waals surface area contributed by atoms with Gasteiger partial charge >= 0.3 is 0 Å². The lowest BCUT2D eigenvalue weighted by Gasteiger charge is -2.09.